The summed E-state index contributed by atoms with van der Waals surface area (Å²) in [6, 6.07) is 5.84. The molecule has 9 heteroatoms. The number of carbonyl (C=O) groups is 2. The molecule has 4 rings (SSSR count). The van der Waals surface area contributed by atoms with E-state index in [0.29, 0.717) is 10.5 Å². The number of rotatable bonds is 5. The maximum atomic E-state index is 13.7. The van der Waals surface area contributed by atoms with Crippen molar-refractivity contribution < 1.29 is 14.3 Å². The van der Waals surface area contributed by atoms with Gasteiger partial charge in [0.25, 0.3) is 5.56 Å². The number of hydrogen-bond acceptors (Lipinski definition) is 7. The summed E-state index contributed by atoms with van der Waals surface area (Å²) in [5, 5.41) is 3.32. The van der Waals surface area contributed by atoms with E-state index in [9.17, 15) is 14.4 Å². The van der Waals surface area contributed by atoms with E-state index in [1.165, 1.54) is 4.88 Å². The van der Waals surface area contributed by atoms with Gasteiger partial charge in [-0.05, 0) is 75.3 Å². The molecule has 168 valence electrons. The molecule has 1 aromatic carbocycles. The lowest BCUT2D eigenvalue weighted by Gasteiger charge is -2.14. The Hall–Kier alpha value is -2.65. The van der Waals surface area contributed by atoms with Gasteiger partial charge in [0, 0.05) is 4.88 Å². The molecule has 32 heavy (non-hydrogen) atoms. The molecule has 7 nitrogen and oxygen atoms in total. The molecule has 0 aliphatic heterocycles. The highest BCUT2D eigenvalue weighted by molar-refractivity contribution is 7.99. The Bertz CT molecular complexity index is 1260. The third-order valence-electron chi connectivity index (χ3n) is 5.56. The van der Waals surface area contributed by atoms with Crippen LogP contribution in [0.15, 0.2) is 28.2 Å². The van der Waals surface area contributed by atoms with Crippen LogP contribution in [0.25, 0.3) is 15.9 Å². The molecule has 0 fully saturated rings. The molecule has 1 aliphatic carbocycles. The van der Waals surface area contributed by atoms with Gasteiger partial charge in [-0.2, -0.15) is 0 Å². The van der Waals surface area contributed by atoms with Crippen LogP contribution < -0.4 is 10.9 Å². The van der Waals surface area contributed by atoms with Gasteiger partial charge in [-0.3, -0.25) is 19.5 Å². The van der Waals surface area contributed by atoms with Crippen molar-refractivity contribution in [2.45, 2.75) is 51.6 Å². The first-order valence-corrected chi connectivity index (χ1v) is 12.4. The predicted octanol–water partition coefficient (Wildman–Crippen LogP) is 4.31. The van der Waals surface area contributed by atoms with E-state index in [0.717, 1.165) is 64.7 Å². The first kappa shape index (κ1) is 22.5. The van der Waals surface area contributed by atoms with Crippen molar-refractivity contribution in [3.63, 3.8) is 0 Å². The number of carbonyl (C=O) groups excluding carboxylic acids is 2. The van der Waals surface area contributed by atoms with E-state index in [2.05, 4.69) is 5.32 Å². The van der Waals surface area contributed by atoms with E-state index < -0.39 is 12.0 Å². The molecule has 0 saturated heterocycles. The molecule has 0 unspecified atom stereocenters. The van der Waals surface area contributed by atoms with E-state index in [1.807, 2.05) is 32.0 Å². The van der Waals surface area contributed by atoms with Crippen LogP contribution in [0.2, 0.25) is 0 Å². The maximum absolute atomic E-state index is 13.7. The predicted molar refractivity (Wildman–Crippen MR) is 127 cm³/mol. The fourth-order valence-corrected chi connectivity index (χ4v) is 5.94. The average Bonchev–Trinajstić information content (AvgIpc) is 3.13. The van der Waals surface area contributed by atoms with Crippen molar-refractivity contribution in [2.75, 3.05) is 12.4 Å². The molecular formula is C23H25N3O4S2. The lowest BCUT2D eigenvalue weighted by Crippen LogP contribution is -2.32. The summed E-state index contributed by atoms with van der Waals surface area (Å²) in [5.41, 5.74) is 3.94. The number of ether oxygens (including phenoxy) is 1. The number of fused-ring (bicyclic) bond motifs is 3. The van der Waals surface area contributed by atoms with Crippen LogP contribution in [0.4, 0.5) is 4.79 Å². The summed E-state index contributed by atoms with van der Waals surface area (Å²) in [7, 11) is 0. The Balaban J connectivity index is 1.78. The zero-order chi connectivity index (χ0) is 22.8. The second-order valence-electron chi connectivity index (χ2n) is 7.75. The van der Waals surface area contributed by atoms with Crippen molar-refractivity contribution in [3.05, 3.63) is 50.1 Å². The quantitative estimate of drug-likeness (QED) is 0.441. The number of alkyl carbamates (subject to hydrolysis) is 1. The Morgan fingerprint density at radius 1 is 1.22 bits per heavy atom. The molecule has 0 radical (unpaired) electrons. The minimum atomic E-state index is -0.779. The number of thiophene rings is 1. The summed E-state index contributed by atoms with van der Waals surface area (Å²) >= 11 is 2.71. The fraction of sp³-hybridized carbons (Fsp3) is 0.391. The molecule has 0 saturated carbocycles. The zero-order valence-electron chi connectivity index (χ0n) is 18.3. The number of aryl methyl sites for hydroxylation is 4. The summed E-state index contributed by atoms with van der Waals surface area (Å²) in [6.07, 6.45) is 3.30. The molecule has 0 spiro atoms. The molecule has 0 atom stereocenters. The second kappa shape index (κ2) is 9.46. The monoisotopic (exact) mass is 471 g/mol. The lowest BCUT2D eigenvalue weighted by molar-refractivity contribution is -0.117. The number of imide groups is 1. The number of thioether (sulfide) groups is 1. The highest BCUT2D eigenvalue weighted by atomic mass is 32.2. The molecule has 0 bridgehead atoms. The van der Waals surface area contributed by atoms with Crippen LogP contribution in [0.3, 0.4) is 0 Å². The maximum Gasteiger partial charge on any atom is 0.413 e. The van der Waals surface area contributed by atoms with Crippen molar-refractivity contribution in [1.29, 1.82) is 0 Å². The van der Waals surface area contributed by atoms with Gasteiger partial charge in [-0.15, -0.1) is 11.3 Å². The fourth-order valence-electron chi connectivity index (χ4n) is 3.82. The van der Waals surface area contributed by atoms with Crippen molar-refractivity contribution in [1.82, 2.24) is 14.9 Å². The van der Waals surface area contributed by atoms with Gasteiger partial charge < -0.3 is 4.74 Å². The largest absolute Gasteiger partial charge is 0.450 e. The Morgan fingerprint density at radius 3 is 2.75 bits per heavy atom. The SMILES string of the molecule is CCOC(=O)NC(=O)CSc1nc2sc3c(c2c(=O)n1-c1ccc(C)c(C)c1)CCCC3. The van der Waals surface area contributed by atoms with E-state index in [1.54, 1.807) is 22.8 Å². The van der Waals surface area contributed by atoms with Gasteiger partial charge >= 0.3 is 6.09 Å². The Kier molecular flexibility index (Phi) is 6.66. The topological polar surface area (TPSA) is 90.3 Å². The highest BCUT2D eigenvalue weighted by Gasteiger charge is 2.23. The van der Waals surface area contributed by atoms with Gasteiger partial charge in [0.1, 0.15) is 4.83 Å². The van der Waals surface area contributed by atoms with E-state index in [4.69, 9.17) is 9.72 Å². The van der Waals surface area contributed by atoms with Gasteiger partial charge in [0.05, 0.1) is 23.4 Å². The van der Waals surface area contributed by atoms with Crippen LogP contribution in [-0.2, 0) is 22.4 Å². The standard InChI is InChI=1S/C23H25N3O4S2/c1-4-30-23(29)24-18(27)12-31-22-25-20-19(16-7-5-6-8-17(16)32-20)21(28)26(22)15-10-9-13(2)14(3)11-15/h9-11H,4-8,12H2,1-3H3,(H,24,27,29). The number of aromatic nitrogens is 2. The van der Waals surface area contributed by atoms with Crippen LogP contribution in [-0.4, -0.2) is 33.9 Å². The summed E-state index contributed by atoms with van der Waals surface area (Å²) in [6.45, 7) is 5.87. The number of hydrogen-bond donors (Lipinski definition) is 1. The Labute approximate surface area is 194 Å². The number of benzene rings is 1. The highest BCUT2D eigenvalue weighted by Crippen LogP contribution is 2.35. The molecule has 2 aromatic heterocycles. The van der Waals surface area contributed by atoms with Crippen molar-refractivity contribution in [3.8, 4) is 5.69 Å². The van der Waals surface area contributed by atoms with Crippen LogP contribution in [0, 0.1) is 13.8 Å². The lowest BCUT2D eigenvalue weighted by atomic mass is 9.97. The molecular weight excluding hydrogens is 446 g/mol. The van der Waals surface area contributed by atoms with Gasteiger partial charge in [-0.25, -0.2) is 9.78 Å². The van der Waals surface area contributed by atoms with Gasteiger partial charge in [0.15, 0.2) is 5.16 Å². The third kappa shape index (κ3) is 4.45. The van der Waals surface area contributed by atoms with Gasteiger partial charge in [0.2, 0.25) is 5.91 Å². The molecule has 1 aliphatic rings. The number of nitrogens with zero attached hydrogens (tertiary/aromatic N) is 2. The third-order valence-corrected chi connectivity index (χ3v) is 7.68. The molecule has 3 aromatic rings. The first-order chi connectivity index (χ1) is 15.4. The molecule has 2 heterocycles. The smallest absolute Gasteiger partial charge is 0.413 e. The van der Waals surface area contributed by atoms with Crippen LogP contribution in [0.1, 0.15) is 41.3 Å². The normalized spacial score (nSPS) is 13.1. The summed E-state index contributed by atoms with van der Waals surface area (Å²) in [4.78, 5) is 44.2. The minimum Gasteiger partial charge on any atom is -0.450 e. The van der Waals surface area contributed by atoms with Crippen LogP contribution in [0.5, 0.6) is 0 Å². The van der Waals surface area contributed by atoms with Crippen molar-refractivity contribution in [2.24, 2.45) is 0 Å². The summed E-state index contributed by atoms with van der Waals surface area (Å²) in [5.74, 6) is -0.563. The Morgan fingerprint density at radius 2 is 2.00 bits per heavy atom. The van der Waals surface area contributed by atoms with Gasteiger partial charge in [-0.1, -0.05) is 17.8 Å². The molecule has 2 amide bonds. The molecule has 1 N–H and O–H groups in total. The first-order valence-electron chi connectivity index (χ1n) is 10.6. The van der Waals surface area contributed by atoms with Crippen molar-refractivity contribution >= 4 is 45.3 Å². The van der Waals surface area contributed by atoms with E-state index >= 15 is 0 Å². The van der Waals surface area contributed by atoms with Crippen LogP contribution >= 0.6 is 23.1 Å². The number of nitrogens with one attached hydrogen (secondary N) is 1. The van der Waals surface area contributed by atoms with E-state index in [-0.39, 0.29) is 17.9 Å². The zero-order valence-corrected chi connectivity index (χ0v) is 20.0. The average molecular weight is 472 g/mol. The summed E-state index contributed by atoms with van der Waals surface area (Å²) < 4.78 is 6.35. The second-order valence-corrected chi connectivity index (χ2v) is 9.78. The number of amides is 2. The minimum absolute atomic E-state index is 0.0628.